The molecule has 2 aliphatic rings. The second kappa shape index (κ2) is 11.6. The number of hydrogen-bond donors (Lipinski definition) is 1. The topological polar surface area (TPSA) is 179 Å². The Hall–Kier alpha value is -2.97. The minimum atomic E-state index is -4.16. The quantitative estimate of drug-likeness (QED) is 0.263. The Kier molecular flexibility index (Phi) is 8.49. The first-order chi connectivity index (χ1) is 17.7. The van der Waals surface area contributed by atoms with Crippen LogP contribution >= 0.6 is 7.82 Å². The average Bonchev–Trinajstić information content (AvgIpc) is 3.41. The number of phosphoric ester groups is 1. The lowest BCUT2D eigenvalue weighted by Crippen LogP contribution is -2.41. The minimum absolute atomic E-state index is 0.137. The molecule has 4 rings (SSSR count). The first-order valence-electron chi connectivity index (χ1n) is 11.8. The van der Waals surface area contributed by atoms with E-state index in [1.807, 2.05) is 13.8 Å². The lowest BCUT2D eigenvalue weighted by molar-refractivity contribution is -0.159. The third-order valence-corrected chi connectivity index (χ3v) is 6.88. The van der Waals surface area contributed by atoms with Crippen molar-refractivity contribution in [1.82, 2.24) is 19.5 Å². The van der Waals surface area contributed by atoms with Crippen LogP contribution in [0.3, 0.4) is 0 Å². The fraction of sp³-hybridized carbons (Fsp3) is 0.619. The minimum Gasteiger partial charge on any atom is -0.455 e. The van der Waals surface area contributed by atoms with Gasteiger partial charge in [0.05, 0.1) is 12.9 Å². The summed E-state index contributed by atoms with van der Waals surface area (Å²) in [6.45, 7) is 4.01. The van der Waals surface area contributed by atoms with Gasteiger partial charge >= 0.3 is 19.8 Å². The number of amides is 1. The summed E-state index contributed by atoms with van der Waals surface area (Å²) in [6.07, 6.45) is 0.440. The van der Waals surface area contributed by atoms with Gasteiger partial charge < -0.3 is 19.5 Å². The molecule has 4 heterocycles. The Morgan fingerprint density at radius 3 is 2.70 bits per heavy atom. The van der Waals surface area contributed by atoms with Crippen molar-refractivity contribution >= 4 is 42.7 Å². The van der Waals surface area contributed by atoms with Gasteiger partial charge in [-0.3, -0.25) is 28.0 Å². The highest BCUT2D eigenvalue weighted by molar-refractivity contribution is 7.48. The Bertz CT molecular complexity index is 1210. The molecule has 2 fully saturated rings. The molecular formula is C21H28N5O10P. The molecule has 1 N–H and O–H groups in total. The van der Waals surface area contributed by atoms with Crippen molar-refractivity contribution in [3.63, 3.8) is 0 Å². The zero-order chi connectivity index (χ0) is 26.6. The Balaban J connectivity index is 1.62. The fourth-order valence-corrected chi connectivity index (χ4v) is 5.13. The normalized spacial score (nSPS) is 27.0. The highest BCUT2D eigenvalue weighted by atomic mass is 31.2. The first-order valence-corrected chi connectivity index (χ1v) is 13.2. The van der Waals surface area contributed by atoms with Gasteiger partial charge in [-0.1, -0.05) is 13.8 Å². The molecule has 2 aliphatic heterocycles. The van der Waals surface area contributed by atoms with Crippen LogP contribution < -0.4 is 5.32 Å². The molecule has 0 saturated carbocycles. The molecule has 2 aromatic heterocycles. The summed E-state index contributed by atoms with van der Waals surface area (Å²) in [5.41, 5.74) is 0.605. The lowest BCUT2D eigenvalue weighted by Gasteiger charge is -2.31. The maximum absolute atomic E-state index is 13.0. The molecule has 16 heteroatoms. The number of esters is 2. The van der Waals surface area contributed by atoms with Gasteiger partial charge in [-0.25, -0.2) is 24.0 Å². The summed E-state index contributed by atoms with van der Waals surface area (Å²) in [5, 5.41) is 2.71. The van der Waals surface area contributed by atoms with E-state index in [0.29, 0.717) is 30.4 Å². The van der Waals surface area contributed by atoms with Crippen LogP contribution in [0.15, 0.2) is 12.7 Å². The summed E-state index contributed by atoms with van der Waals surface area (Å²) in [5.74, 6) is -1.16. The molecule has 1 unspecified atom stereocenters. The molecule has 0 bridgehead atoms. The summed E-state index contributed by atoms with van der Waals surface area (Å²) in [7, 11) is -4.16. The number of aromatic nitrogens is 4. The number of ether oxygens (including phenoxy) is 3. The van der Waals surface area contributed by atoms with Crippen LogP contribution in [0.4, 0.5) is 5.82 Å². The van der Waals surface area contributed by atoms with E-state index in [4.69, 9.17) is 23.0 Å². The number of fused-ring (bicyclic) bond motifs is 2. The number of imidazole rings is 1. The van der Waals surface area contributed by atoms with Crippen molar-refractivity contribution in [3.8, 4) is 0 Å². The van der Waals surface area contributed by atoms with Crippen LogP contribution in [0.25, 0.3) is 11.2 Å². The Morgan fingerprint density at radius 2 is 1.97 bits per heavy atom. The molecule has 1 amide bonds. The van der Waals surface area contributed by atoms with Crippen molar-refractivity contribution in [3.05, 3.63) is 12.7 Å². The Labute approximate surface area is 211 Å². The number of nitrogens with zero attached hydrogens (tertiary/aromatic N) is 4. The molecular weight excluding hydrogens is 513 g/mol. The van der Waals surface area contributed by atoms with Crippen molar-refractivity contribution in [2.24, 2.45) is 0 Å². The van der Waals surface area contributed by atoms with E-state index in [2.05, 4.69) is 25.0 Å². The van der Waals surface area contributed by atoms with Crippen molar-refractivity contribution < 1.29 is 46.7 Å². The highest BCUT2D eigenvalue weighted by Crippen LogP contribution is 2.57. The molecule has 2 saturated heterocycles. The van der Waals surface area contributed by atoms with E-state index in [1.165, 1.54) is 17.2 Å². The molecule has 0 aliphatic carbocycles. The summed E-state index contributed by atoms with van der Waals surface area (Å²) >= 11 is 0. The van der Waals surface area contributed by atoms with Gasteiger partial charge in [0.1, 0.15) is 18.5 Å². The van der Waals surface area contributed by atoms with Gasteiger partial charge in [0, 0.05) is 19.8 Å². The van der Waals surface area contributed by atoms with Crippen LogP contribution in [-0.4, -0.2) is 69.1 Å². The van der Waals surface area contributed by atoms with Gasteiger partial charge in [0.15, 0.2) is 29.3 Å². The number of rotatable bonds is 10. The van der Waals surface area contributed by atoms with E-state index in [-0.39, 0.29) is 24.8 Å². The second-order valence-corrected chi connectivity index (χ2v) is 9.93. The molecule has 0 spiro atoms. The zero-order valence-electron chi connectivity index (χ0n) is 20.5. The molecule has 15 nitrogen and oxygen atoms in total. The third-order valence-electron chi connectivity index (χ3n) is 5.50. The van der Waals surface area contributed by atoms with E-state index in [9.17, 15) is 18.9 Å². The predicted octanol–water partition coefficient (Wildman–Crippen LogP) is 2.23. The number of phosphoric acid groups is 1. The summed E-state index contributed by atoms with van der Waals surface area (Å²) < 4.78 is 46.9. The van der Waals surface area contributed by atoms with E-state index in [1.54, 1.807) is 0 Å². The Morgan fingerprint density at radius 1 is 1.19 bits per heavy atom. The van der Waals surface area contributed by atoms with Crippen molar-refractivity contribution in [1.29, 1.82) is 0 Å². The number of carbonyl (C=O) groups is 3. The van der Waals surface area contributed by atoms with Crippen LogP contribution in [-0.2, 0) is 46.7 Å². The van der Waals surface area contributed by atoms with E-state index >= 15 is 0 Å². The monoisotopic (exact) mass is 541 g/mol. The fourth-order valence-electron chi connectivity index (χ4n) is 3.87. The molecule has 0 radical (unpaired) electrons. The molecule has 37 heavy (non-hydrogen) atoms. The number of nitrogens with one attached hydrogen (secondary N) is 1. The maximum Gasteiger partial charge on any atom is 0.478 e. The van der Waals surface area contributed by atoms with Gasteiger partial charge in [0.25, 0.3) is 0 Å². The van der Waals surface area contributed by atoms with Crippen molar-refractivity contribution in [2.45, 2.75) is 71.0 Å². The standard InChI is InChI=1S/C21H28N5O10P/c1-4-6-14(28)25-19-16-20(23-9-22-19)26(10-24-16)21-18(35-15(29)7-5-2)17-13(34-21)8-32-37(30,36-17)33-11-31-12(3)27/h9-10,13,17-18,21H,4-8,11H2,1-3H3,(H,22,23,25,28)/t13-,17-,18-,21-,37?/m1/s1. The number of anilines is 1. The number of carbonyl (C=O) groups excluding carboxylic acids is 3. The van der Waals surface area contributed by atoms with Gasteiger partial charge in [0.2, 0.25) is 12.7 Å². The van der Waals surface area contributed by atoms with Crippen LogP contribution in [0.1, 0.15) is 52.7 Å². The molecule has 0 aromatic carbocycles. The largest absolute Gasteiger partial charge is 0.478 e. The van der Waals surface area contributed by atoms with Crippen LogP contribution in [0, 0.1) is 0 Å². The SMILES string of the molecule is CCCC(=O)Nc1ncnc2c1ncn2[C@@H]1O[C@@H]2COP(=O)(OCOC(C)=O)O[C@H]2[C@H]1OC(=O)CCC. The highest BCUT2D eigenvalue weighted by Gasteiger charge is 2.56. The molecule has 202 valence electrons. The van der Waals surface area contributed by atoms with Crippen molar-refractivity contribution in [2.75, 3.05) is 18.7 Å². The third kappa shape index (κ3) is 6.13. The number of hydrogen-bond acceptors (Lipinski definition) is 13. The summed E-state index contributed by atoms with van der Waals surface area (Å²) in [4.78, 5) is 48.3. The van der Waals surface area contributed by atoms with Gasteiger partial charge in [-0.05, 0) is 12.8 Å². The average molecular weight is 541 g/mol. The first kappa shape index (κ1) is 27.1. The molecule has 5 atom stereocenters. The smallest absolute Gasteiger partial charge is 0.455 e. The summed E-state index contributed by atoms with van der Waals surface area (Å²) in [6, 6.07) is 0. The van der Waals surface area contributed by atoms with E-state index < -0.39 is 51.1 Å². The molecule has 2 aromatic rings. The maximum atomic E-state index is 13.0. The van der Waals surface area contributed by atoms with Gasteiger partial charge in [-0.2, -0.15) is 0 Å². The lowest BCUT2D eigenvalue weighted by atomic mass is 10.1. The second-order valence-electron chi connectivity index (χ2n) is 8.31. The van der Waals surface area contributed by atoms with Crippen LogP contribution in [0.5, 0.6) is 0 Å². The zero-order valence-corrected chi connectivity index (χ0v) is 21.4. The van der Waals surface area contributed by atoms with Crippen LogP contribution in [0.2, 0.25) is 0 Å². The van der Waals surface area contributed by atoms with Gasteiger partial charge in [-0.15, -0.1) is 0 Å². The van der Waals surface area contributed by atoms with E-state index in [0.717, 1.165) is 6.92 Å². The predicted molar refractivity (Wildman–Crippen MR) is 124 cm³/mol.